The van der Waals surface area contributed by atoms with Crippen LogP contribution in [-0.2, 0) is 28.6 Å². The summed E-state index contributed by atoms with van der Waals surface area (Å²) in [6, 6.07) is 0. The number of unbranched alkanes of at least 4 members (excludes halogenated alkanes) is 22. The van der Waals surface area contributed by atoms with E-state index in [2.05, 4.69) is 93.7 Å². The van der Waals surface area contributed by atoms with Crippen molar-refractivity contribution < 1.29 is 28.6 Å². The van der Waals surface area contributed by atoms with E-state index in [4.69, 9.17) is 14.2 Å². The van der Waals surface area contributed by atoms with Crippen molar-refractivity contribution in [1.82, 2.24) is 0 Å². The van der Waals surface area contributed by atoms with Crippen LogP contribution in [0.4, 0.5) is 0 Å². The molecule has 0 fully saturated rings. The molecule has 0 aromatic heterocycles. The third-order valence-electron chi connectivity index (χ3n) is 10.7. The van der Waals surface area contributed by atoms with Crippen LogP contribution >= 0.6 is 0 Å². The highest BCUT2D eigenvalue weighted by atomic mass is 16.6. The molecule has 0 amide bonds. The van der Waals surface area contributed by atoms with E-state index in [0.29, 0.717) is 19.3 Å². The molecule has 0 aliphatic heterocycles. The van der Waals surface area contributed by atoms with Gasteiger partial charge in [0.25, 0.3) is 0 Å². The lowest BCUT2D eigenvalue weighted by molar-refractivity contribution is -0.167. The van der Waals surface area contributed by atoms with Gasteiger partial charge in [0.2, 0.25) is 0 Å². The molecule has 350 valence electrons. The molecule has 0 aromatic rings. The maximum absolute atomic E-state index is 12.8. The van der Waals surface area contributed by atoms with Crippen LogP contribution in [0.5, 0.6) is 0 Å². The number of hydrogen-bond acceptors (Lipinski definition) is 6. The van der Waals surface area contributed by atoms with Crippen molar-refractivity contribution in [3.8, 4) is 0 Å². The first-order valence-electron chi connectivity index (χ1n) is 25.4. The van der Waals surface area contributed by atoms with E-state index in [1.807, 2.05) is 0 Å². The standard InChI is InChI=1S/C55H94O6/c1-4-7-10-13-16-19-22-25-27-28-31-33-36-39-42-45-48-54(57)60-51-52(50-59-53(56)47-44-41-38-35-32-29-24-21-18-15-12-9-6-3)61-55(58)49-46-43-40-37-34-30-26-23-20-17-14-11-8-5-2/h9,12,14,17-18,21,23,26-29,32,52H,4-8,10-11,13,15-16,19-20,22,24-25,30-31,33-51H2,1-3H3/b12-9-,17-14-,21-18-,26-23-,28-27-,32-29-. The molecule has 0 aliphatic rings. The molecule has 0 aliphatic carbocycles. The number of allylic oxidation sites excluding steroid dienone is 12. The predicted molar refractivity (Wildman–Crippen MR) is 261 cm³/mol. The summed E-state index contributed by atoms with van der Waals surface area (Å²) in [5.74, 6) is -0.947. The monoisotopic (exact) mass is 851 g/mol. The van der Waals surface area contributed by atoms with Gasteiger partial charge in [-0.1, -0.05) is 190 Å². The van der Waals surface area contributed by atoms with Crippen LogP contribution in [0, 0.1) is 0 Å². The molecule has 0 saturated carbocycles. The molecule has 1 atom stereocenters. The Bertz CT molecular complexity index is 1160. The Kier molecular flexibility index (Phi) is 46.9. The number of carbonyl (C=O) groups is 3. The third kappa shape index (κ3) is 47.7. The summed E-state index contributed by atoms with van der Waals surface area (Å²) in [4.78, 5) is 37.9. The van der Waals surface area contributed by atoms with Crippen LogP contribution in [0.25, 0.3) is 0 Å². The van der Waals surface area contributed by atoms with Gasteiger partial charge in [0.05, 0.1) is 0 Å². The Balaban J connectivity index is 4.45. The maximum Gasteiger partial charge on any atom is 0.306 e. The fraction of sp³-hybridized carbons (Fsp3) is 0.727. The predicted octanol–water partition coefficient (Wildman–Crippen LogP) is 16.6. The molecule has 0 spiro atoms. The van der Waals surface area contributed by atoms with E-state index >= 15 is 0 Å². The number of esters is 3. The largest absolute Gasteiger partial charge is 0.462 e. The van der Waals surface area contributed by atoms with Gasteiger partial charge in [-0.3, -0.25) is 14.4 Å². The molecule has 6 heteroatoms. The van der Waals surface area contributed by atoms with Gasteiger partial charge < -0.3 is 14.2 Å². The Morgan fingerprint density at radius 3 is 1.08 bits per heavy atom. The van der Waals surface area contributed by atoms with Gasteiger partial charge in [-0.25, -0.2) is 0 Å². The lowest BCUT2D eigenvalue weighted by Gasteiger charge is -2.18. The minimum Gasteiger partial charge on any atom is -0.462 e. The van der Waals surface area contributed by atoms with Crippen molar-refractivity contribution in [1.29, 1.82) is 0 Å². The van der Waals surface area contributed by atoms with E-state index in [0.717, 1.165) is 116 Å². The van der Waals surface area contributed by atoms with Crippen LogP contribution in [-0.4, -0.2) is 37.2 Å². The highest BCUT2D eigenvalue weighted by Gasteiger charge is 2.19. The van der Waals surface area contributed by atoms with Crippen LogP contribution in [0.15, 0.2) is 72.9 Å². The molecule has 6 nitrogen and oxygen atoms in total. The minimum absolute atomic E-state index is 0.0952. The zero-order chi connectivity index (χ0) is 44.4. The van der Waals surface area contributed by atoms with E-state index in [1.165, 1.54) is 83.5 Å². The zero-order valence-electron chi connectivity index (χ0n) is 39.9. The average Bonchev–Trinajstić information content (AvgIpc) is 3.26. The smallest absolute Gasteiger partial charge is 0.306 e. The fourth-order valence-corrected chi connectivity index (χ4v) is 6.82. The number of hydrogen-bond donors (Lipinski definition) is 0. The van der Waals surface area contributed by atoms with E-state index < -0.39 is 6.10 Å². The second-order valence-electron chi connectivity index (χ2n) is 16.7. The Morgan fingerprint density at radius 1 is 0.344 bits per heavy atom. The zero-order valence-corrected chi connectivity index (χ0v) is 39.9. The molecular formula is C55H94O6. The topological polar surface area (TPSA) is 78.9 Å². The summed E-state index contributed by atoms with van der Waals surface area (Å²) in [6.45, 7) is 6.43. The maximum atomic E-state index is 12.8. The van der Waals surface area contributed by atoms with E-state index in [1.54, 1.807) is 0 Å². The van der Waals surface area contributed by atoms with Crippen molar-refractivity contribution in [2.45, 2.75) is 245 Å². The summed E-state index contributed by atoms with van der Waals surface area (Å²) >= 11 is 0. The summed E-state index contributed by atoms with van der Waals surface area (Å²) in [5, 5.41) is 0. The van der Waals surface area contributed by atoms with Crippen LogP contribution < -0.4 is 0 Å². The number of ether oxygens (including phenoxy) is 3. The average molecular weight is 851 g/mol. The molecule has 0 saturated heterocycles. The number of carbonyl (C=O) groups excluding carboxylic acids is 3. The molecule has 0 radical (unpaired) electrons. The highest BCUT2D eigenvalue weighted by molar-refractivity contribution is 5.71. The van der Waals surface area contributed by atoms with Gasteiger partial charge in [-0.2, -0.15) is 0 Å². The fourth-order valence-electron chi connectivity index (χ4n) is 6.82. The first-order valence-corrected chi connectivity index (χ1v) is 25.4. The first kappa shape index (κ1) is 57.9. The van der Waals surface area contributed by atoms with Crippen molar-refractivity contribution in [2.75, 3.05) is 13.2 Å². The lowest BCUT2D eigenvalue weighted by atomic mass is 10.1. The molecule has 61 heavy (non-hydrogen) atoms. The molecule has 1 unspecified atom stereocenters. The minimum atomic E-state index is -0.797. The van der Waals surface area contributed by atoms with Gasteiger partial charge in [0.1, 0.15) is 13.2 Å². The first-order chi connectivity index (χ1) is 30.0. The van der Waals surface area contributed by atoms with Crippen LogP contribution in [0.1, 0.15) is 239 Å². The van der Waals surface area contributed by atoms with Gasteiger partial charge in [0, 0.05) is 19.3 Å². The van der Waals surface area contributed by atoms with Crippen LogP contribution in [0.2, 0.25) is 0 Å². The van der Waals surface area contributed by atoms with Crippen LogP contribution in [0.3, 0.4) is 0 Å². The van der Waals surface area contributed by atoms with Crippen molar-refractivity contribution in [3.63, 3.8) is 0 Å². The van der Waals surface area contributed by atoms with Crippen molar-refractivity contribution in [3.05, 3.63) is 72.9 Å². The molecule has 0 aromatic carbocycles. The van der Waals surface area contributed by atoms with E-state index in [-0.39, 0.29) is 31.1 Å². The van der Waals surface area contributed by atoms with Crippen molar-refractivity contribution >= 4 is 17.9 Å². The summed E-state index contributed by atoms with van der Waals surface area (Å²) in [7, 11) is 0. The van der Waals surface area contributed by atoms with Gasteiger partial charge >= 0.3 is 17.9 Å². The second-order valence-corrected chi connectivity index (χ2v) is 16.7. The van der Waals surface area contributed by atoms with Gasteiger partial charge in [-0.15, -0.1) is 0 Å². The Labute approximate surface area is 376 Å². The Morgan fingerprint density at radius 2 is 0.656 bits per heavy atom. The summed E-state index contributed by atoms with van der Waals surface area (Å²) in [5.41, 5.74) is 0. The second kappa shape index (κ2) is 49.5. The Hall–Kier alpha value is -3.15. The molecule has 0 bridgehead atoms. The van der Waals surface area contributed by atoms with Gasteiger partial charge in [-0.05, 0) is 103 Å². The lowest BCUT2D eigenvalue weighted by Crippen LogP contribution is -2.30. The molecule has 0 N–H and O–H groups in total. The van der Waals surface area contributed by atoms with E-state index in [9.17, 15) is 14.4 Å². The van der Waals surface area contributed by atoms with Crippen molar-refractivity contribution in [2.24, 2.45) is 0 Å². The summed E-state index contributed by atoms with van der Waals surface area (Å²) < 4.78 is 16.7. The highest BCUT2D eigenvalue weighted by Crippen LogP contribution is 2.13. The third-order valence-corrected chi connectivity index (χ3v) is 10.7. The summed E-state index contributed by atoms with van der Waals surface area (Å²) in [6.07, 6.45) is 61.7. The SMILES string of the molecule is CC/C=C\C/C=C\C/C=C\CCCCCC(=O)OCC(COC(=O)CCCCCCC/C=C\CCCCCCCCC)OC(=O)CCCCCCC/C=C\C/C=C\CCCC. The molecule has 0 heterocycles. The molecular weight excluding hydrogens is 757 g/mol. The molecule has 0 rings (SSSR count). The normalized spacial score (nSPS) is 12.6. The van der Waals surface area contributed by atoms with Gasteiger partial charge in [0.15, 0.2) is 6.10 Å². The number of rotatable bonds is 45. The quantitative estimate of drug-likeness (QED) is 0.0263.